The fourth-order valence-corrected chi connectivity index (χ4v) is 3.40. The first kappa shape index (κ1) is 13.9. The van der Waals surface area contributed by atoms with Crippen molar-refractivity contribution in [2.45, 2.75) is 44.2 Å². The second-order valence-corrected chi connectivity index (χ2v) is 6.25. The van der Waals surface area contributed by atoms with Gasteiger partial charge in [0.1, 0.15) is 6.04 Å². The van der Waals surface area contributed by atoms with Crippen LogP contribution < -0.4 is 0 Å². The number of halogens is 1. The van der Waals surface area contributed by atoms with Crippen LogP contribution in [0.3, 0.4) is 0 Å². The lowest BCUT2D eigenvalue weighted by atomic mass is 9.99. The number of carbonyl (C=O) groups excluding carboxylic acids is 1. The van der Waals surface area contributed by atoms with Gasteiger partial charge in [-0.05, 0) is 19.8 Å². The highest BCUT2D eigenvalue weighted by atomic mass is 35.5. The number of ether oxygens (including phenoxy) is 1. The lowest BCUT2D eigenvalue weighted by Crippen LogP contribution is -2.53. The molecule has 1 aromatic heterocycles. The molecule has 1 spiro atoms. The number of hydrogen-bond donors (Lipinski definition) is 0. The van der Waals surface area contributed by atoms with E-state index in [2.05, 4.69) is 5.10 Å². The van der Waals surface area contributed by atoms with Crippen molar-refractivity contribution in [1.29, 1.82) is 0 Å². The molecule has 1 saturated carbocycles. The summed E-state index contributed by atoms with van der Waals surface area (Å²) in [5.74, 6) is 0.0966. The fourth-order valence-electron chi connectivity index (χ4n) is 3.26. The first-order valence-corrected chi connectivity index (χ1v) is 7.60. The second kappa shape index (κ2) is 5.37. The smallest absolute Gasteiger partial charge is 0.247 e. The Morgan fingerprint density at radius 3 is 2.90 bits per heavy atom. The first-order chi connectivity index (χ1) is 9.60. The number of amides is 1. The number of rotatable bonds is 2. The Kier molecular flexibility index (Phi) is 3.73. The van der Waals surface area contributed by atoms with Crippen molar-refractivity contribution in [3.05, 3.63) is 17.4 Å². The quantitative estimate of drug-likeness (QED) is 0.841. The van der Waals surface area contributed by atoms with Gasteiger partial charge in [-0.3, -0.25) is 9.48 Å². The molecule has 1 aliphatic carbocycles. The summed E-state index contributed by atoms with van der Waals surface area (Å²) in [6.07, 6.45) is 7.79. The summed E-state index contributed by atoms with van der Waals surface area (Å²) in [6.45, 7) is 3.88. The predicted octanol–water partition coefficient (Wildman–Crippen LogP) is 2.27. The molecule has 1 saturated heterocycles. The molecule has 20 heavy (non-hydrogen) atoms. The summed E-state index contributed by atoms with van der Waals surface area (Å²) in [4.78, 5) is 14.5. The van der Waals surface area contributed by atoms with Gasteiger partial charge in [-0.15, -0.1) is 0 Å². The average molecular weight is 298 g/mol. The molecule has 1 aromatic rings. The fraction of sp³-hybridized carbons (Fsp3) is 0.714. The van der Waals surface area contributed by atoms with Crippen molar-refractivity contribution >= 4 is 17.5 Å². The zero-order chi connectivity index (χ0) is 14.2. The van der Waals surface area contributed by atoms with Gasteiger partial charge >= 0.3 is 0 Å². The highest BCUT2D eigenvalue weighted by molar-refractivity contribution is 6.30. The summed E-state index contributed by atoms with van der Waals surface area (Å²) >= 11 is 5.87. The van der Waals surface area contributed by atoms with Gasteiger partial charge in [0.15, 0.2) is 0 Å². The van der Waals surface area contributed by atoms with E-state index < -0.39 is 0 Å². The van der Waals surface area contributed by atoms with E-state index in [4.69, 9.17) is 16.3 Å². The molecule has 2 aliphatic rings. The molecule has 6 heteroatoms. The number of morpholine rings is 1. The average Bonchev–Trinajstić information content (AvgIpc) is 3.07. The Bertz CT molecular complexity index is 496. The van der Waals surface area contributed by atoms with Crippen LogP contribution in [0.2, 0.25) is 5.02 Å². The lowest BCUT2D eigenvalue weighted by Gasteiger charge is -2.41. The molecule has 2 fully saturated rings. The highest BCUT2D eigenvalue weighted by Gasteiger charge is 2.41. The Morgan fingerprint density at radius 2 is 2.25 bits per heavy atom. The van der Waals surface area contributed by atoms with E-state index in [0.29, 0.717) is 24.7 Å². The van der Waals surface area contributed by atoms with E-state index in [-0.39, 0.29) is 17.6 Å². The third-order valence-electron chi connectivity index (χ3n) is 4.40. The number of aromatic nitrogens is 2. The van der Waals surface area contributed by atoms with Gasteiger partial charge in [0.25, 0.3) is 0 Å². The molecule has 1 amide bonds. The van der Waals surface area contributed by atoms with E-state index in [1.807, 2.05) is 11.8 Å². The van der Waals surface area contributed by atoms with Crippen LogP contribution >= 0.6 is 11.6 Å². The third kappa shape index (κ3) is 2.56. The summed E-state index contributed by atoms with van der Waals surface area (Å²) < 4.78 is 7.59. The minimum atomic E-state index is -0.320. The summed E-state index contributed by atoms with van der Waals surface area (Å²) in [7, 11) is 0. The van der Waals surface area contributed by atoms with Crippen molar-refractivity contribution in [3.63, 3.8) is 0 Å². The van der Waals surface area contributed by atoms with Gasteiger partial charge in [-0.2, -0.15) is 5.10 Å². The molecule has 3 rings (SSSR count). The minimum Gasteiger partial charge on any atom is -0.371 e. The van der Waals surface area contributed by atoms with Gasteiger partial charge in [-0.25, -0.2) is 0 Å². The van der Waals surface area contributed by atoms with E-state index in [0.717, 1.165) is 12.8 Å². The maximum Gasteiger partial charge on any atom is 0.247 e. The van der Waals surface area contributed by atoms with Crippen LogP contribution in [0.25, 0.3) is 0 Å². The van der Waals surface area contributed by atoms with Crippen molar-refractivity contribution in [3.8, 4) is 0 Å². The maximum atomic E-state index is 12.6. The topological polar surface area (TPSA) is 47.4 Å². The van der Waals surface area contributed by atoms with Crippen LogP contribution in [0.15, 0.2) is 12.4 Å². The molecular weight excluding hydrogens is 278 g/mol. The van der Waals surface area contributed by atoms with Crippen molar-refractivity contribution in [1.82, 2.24) is 14.7 Å². The highest BCUT2D eigenvalue weighted by Crippen LogP contribution is 2.36. The molecule has 1 unspecified atom stereocenters. The molecule has 2 heterocycles. The minimum absolute atomic E-state index is 0.0879. The molecule has 1 aliphatic heterocycles. The number of carbonyl (C=O) groups is 1. The van der Waals surface area contributed by atoms with Crippen LogP contribution in [0.5, 0.6) is 0 Å². The Balaban J connectivity index is 1.70. The third-order valence-corrected chi connectivity index (χ3v) is 4.59. The van der Waals surface area contributed by atoms with Crippen LogP contribution in [-0.4, -0.2) is 45.9 Å². The van der Waals surface area contributed by atoms with Gasteiger partial charge in [-0.1, -0.05) is 24.4 Å². The number of nitrogens with zero attached hydrogens (tertiary/aromatic N) is 3. The van der Waals surface area contributed by atoms with Gasteiger partial charge in [0, 0.05) is 19.3 Å². The zero-order valence-corrected chi connectivity index (χ0v) is 12.5. The second-order valence-electron chi connectivity index (χ2n) is 5.81. The van der Waals surface area contributed by atoms with Gasteiger partial charge < -0.3 is 9.64 Å². The number of hydrogen-bond acceptors (Lipinski definition) is 3. The standard InChI is InChI=1S/C14H20ClN3O2/c1-11(18-9-12(15)8-16-18)13(19)17-6-7-20-14(10-17)4-2-3-5-14/h8-9,11H,2-7,10H2,1H3. The normalized spacial score (nSPS) is 23.2. The van der Waals surface area contributed by atoms with Crippen molar-refractivity contribution in [2.24, 2.45) is 0 Å². The molecule has 0 radical (unpaired) electrons. The lowest BCUT2D eigenvalue weighted by molar-refractivity contribution is -0.152. The van der Waals surface area contributed by atoms with Gasteiger partial charge in [0.05, 0.1) is 23.4 Å². The Morgan fingerprint density at radius 1 is 1.50 bits per heavy atom. The largest absolute Gasteiger partial charge is 0.371 e. The predicted molar refractivity (Wildman–Crippen MR) is 75.7 cm³/mol. The van der Waals surface area contributed by atoms with Crippen LogP contribution in [0.1, 0.15) is 38.6 Å². The van der Waals surface area contributed by atoms with Crippen molar-refractivity contribution in [2.75, 3.05) is 19.7 Å². The summed E-state index contributed by atoms with van der Waals surface area (Å²) in [6, 6.07) is -0.320. The molecule has 1 atom stereocenters. The molecule has 5 nitrogen and oxygen atoms in total. The summed E-state index contributed by atoms with van der Waals surface area (Å²) in [5.41, 5.74) is -0.0879. The van der Waals surface area contributed by atoms with E-state index >= 15 is 0 Å². The molecule has 110 valence electrons. The SMILES string of the molecule is CC(C(=O)N1CCOC2(CCCC2)C1)n1cc(Cl)cn1. The first-order valence-electron chi connectivity index (χ1n) is 7.22. The Labute approximate surface area is 123 Å². The maximum absolute atomic E-state index is 12.6. The van der Waals surface area contributed by atoms with Gasteiger partial charge in [0.2, 0.25) is 5.91 Å². The van der Waals surface area contributed by atoms with Crippen molar-refractivity contribution < 1.29 is 9.53 Å². The van der Waals surface area contributed by atoms with E-state index in [9.17, 15) is 4.79 Å². The van der Waals surface area contributed by atoms with E-state index in [1.54, 1.807) is 17.1 Å². The van der Waals surface area contributed by atoms with Crippen LogP contribution in [0.4, 0.5) is 0 Å². The van der Waals surface area contributed by atoms with Crippen LogP contribution in [0, 0.1) is 0 Å². The molecule has 0 bridgehead atoms. The molecular formula is C14H20ClN3O2. The van der Waals surface area contributed by atoms with E-state index in [1.165, 1.54) is 12.8 Å². The summed E-state index contributed by atoms with van der Waals surface area (Å²) in [5, 5.41) is 4.68. The monoisotopic (exact) mass is 297 g/mol. The zero-order valence-electron chi connectivity index (χ0n) is 11.7. The molecule has 0 aromatic carbocycles. The van der Waals surface area contributed by atoms with Crippen LogP contribution in [-0.2, 0) is 9.53 Å². The Hall–Kier alpha value is -1.07. The molecule has 0 N–H and O–H groups in total.